The minimum absolute atomic E-state index is 0.0421. The predicted octanol–water partition coefficient (Wildman–Crippen LogP) is 3.83. The largest absolute Gasteiger partial charge is 0.355 e. The Morgan fingerprint density at radius 3 is 1.86 bits per heavy atom. The fourth-order valence-corrected chi connectivity index (χ4v) is 3.94. The van der Waals surface area contributed by atoms with E-state index in [1.807, 2.05) is 0 Å². The molecule has 0 aliphatic carbocycles. The van der Waals surface area contributed by atoms with Crippen molar-refractivity contribution >= 4 is 0 Å². The molecule has 4 nitrogen and oxygen atoms in total. The van der Waals surface area contributed by atoms with E-state index in [-0.39, 0.29) is 36.8 Å². The highest BCUT2D eigenvalue weighted by atomic mass is 16.7. The van der Waals surface area contributed by atoms with Crippen LogP contribution in [0.15, 0.2) is 0 Å². The van der Waals surface area contributed by atoms with Crippen LogP contribution >= 0.6 is 0 Å². The van der Waals surface area contributed by atoms with Gasteiger partial charge in [0.15, 0.2) is 12.6 Å². The number of methoxy groups -OCH3 is 1. The minimum Gasteiger partial charge on any atom is -0.355 e. The van der Waals surface area contributed by atoms with Gasteiger partial charge in [0.1, 0.15) is 0 Å². The Bertz CT molecular complexity index is 344. The molecule has 2 heterocycles. The van der Waals surface area contributed by atoms with Gasteiger partial charge in [-0.3, -0.25) is 0 Å². The summed E-state index contributed by atoms with van der Waals surface area (Å²) in [5.74, 6) is 1.79. The van der Waals surface area contributed by atoms with Gasteiger partial charge in [0, 0.05) is 18.9 Å². The summed E-state index contributed by atoms with van der Waals surface area (Å²) < 4.78 is 24.1. The molecule has 0 saturated carbocycles. The van der Waals surface area contributed by atoms with Crippen molar-refractivity contribution in [3.8, 4) is 0 Å². The lowest BCUT2D eigenvalue weighted by molar-refractivity contribution is -0.271. The van der Waals surface area contributed by atoms with Crippen LogP contribution in [0, 0.1) is 23.7 Å². The van der Waals surface area contributed by atoms with Crippen LogP contribution in [-0.4, -0.2) is 38.0 Å². The lowest BCUT2D eigenvalue weighted by atomic mass is 9.78. The second-order valence-electron chi connectivity index (χ2n) is 7.18. The second kappa shape index (κ2) is 7.61. The van der Waals surface area contributed by atoms with Gasteiger partial charge in [0.05, 0.1) is 18.3 Å². The van der Waals surface area contributed by atoms with Crippen LogP contribution in [0.25, 0.3) is 0 Å². The molecule has 2 aliphatic rings. The van der Waals surface area contributed by atoms with E-state index < -0.39 is 0 Å². The van der Waals surface area contributed by atoms with E-state index in [1.54, 1.807) is 7.11 Å². The van der Waals surface area contributed by atoms with Crippen molar-refractivity contribution in [3.05, 3.63) is 0 Å². The molecule has 0 radical (unpaired) electrons. The fraction of sp³-hybridized carbons (Fsp3) is 1.00. The smallest absolute Gasteiger partial charge is 0.162 e. The van der Waals surface area contributed by atoms with E-state index in [9.17, 15) is 0 Å². The summed E-state index contributed by atoms with van der Waals surface area (Å²) in [7, 11) is 1.70. The quantitative estimate of drug-likeness (QED) is 0.773. The molecule has 0 spiro atoms. The number of hydrogen-bond donors (Lipinski definition) is 0. The zero-order chi connectivity index (χ0) is 16.4. The Labute approximate surface area is 135 Å². The molecule has 9 unspecified atom stereocenters. The lowest BCUT2D eigenvalue weighted by Crippen LogP contribution is -2.48. The first-order chi connectivity index (χ1) is 10.4. The number of ether oxygens (including phenoxy) is 4. The van der Waals surface area contributed by atoms with Gasteiger partial charge in [0.2, 0.25) is 0 Å². The summed E-state index contributed by atoms with van der Waals surface area (Å²) >= 11 is 0. The number of hydrogen-bond acceptors (Lipinski definition) is 4. The average molecular weight is 314 g/mol. The molecule has 4 heteroatoms. The van der Waals surface area contributed by atoms with E-state index in [1.165, 1.54) is 0 Å². The summed E-state index contributed by atoms with van der Waals surface area (Å²) in [4.78, 5) is 0. The highest BCUT2D eigenvalue weighted by Crippen LogP contribution is 2.40. The van der Waals surface area contributed by atoms with Gasteiger partial charge >= 0.3 is 0 Å². The molecule has 0 bridgehead atoms. The van der Waals surface area contributed by atoms with Gasteiger partial charge in [-0.05, 0) is 24.7 Å². The topological polar surface area (TPSA) is 36.9 Å². The first-order valence-electron chi connectivity index (χ1n) is 8.93. The van der Waals surface area contributed by atoms with Crippen molar-refractivity contribution in [1.29, 1.82) is 0 Å². The summed E-state index contributed by atoms with van der Waals surface area (Å²) in [6, 6.07) is 0. The van der Waals surface area contributed by atoms with Crippen LogP contribution in [-0.2, 0) is 18.9 Å². The molecular weight excluding hydrogens is 280 g/mol. The second-order valence-corrected chi connectivity index (χ2v) is 7.18. The molecule has 2 fully saturated rings. The summed E-state index contributed by atoms with van der Waals surface area (Å²) in [5, 5.41) is 0. The maximum Gasteiger partial charge on any atom is 0.162 e. The SMILES string of the molecule is CCC1OC(OC2C(CC)OC(OC)C2C)C(C)C(C)C1C. The zero-order valence-corrected chi connectivity index (χ0v) is 15.2. The van der Waals surface area contributed by atoms with Crippen LogP contribution in [0.1, 0.15) is 54.4 Å². The van der Waals surface area contributed by atoms with E-state index in [0.29, 0.717) is 17.8 Å². The molecule has 0 aromatic rings. The van der Waals surface area contributed by atoms with Crippen molar-refractivity contribution in [3.63, 3.8) is 0 Å². The third-order valence-corrected chi connectivity index (χ3v) is 5.93. The summed E-state index contributed by atoms with van der Waals surface area (Å²) in [6.07, 6.45) is 2.06. The molecule has 2 rings (SSSR count). The van der Waals surface area contributed by atoms with Crippen molar-refractivity contribution in [2.45, 2.75) is 85.3 Å². The van der Waals surface area contributed by atoms with Crippen molar-refractivity contribution in [2.75, 3.05) is 7.11 Å². The predicted molar refractivity (Wildman–Crippen MR) is 86.4 cm³/mol. The number of rotatable bonds is 5. The molecule has 22 heavy (non-hydrogen) atoms. The van der Waals surface area contributed by atoms with Gasteiger partial charge in [0.25, 0.3) is 0 Å². The Balaban J connectivity index is 2.07. The third kappa shape index (κ3) is 3.35. The van der Waals surface area contributed by atoms with E-state index in [4.69, 9.17) is 18.9 Å². The molecule has 0 aromatic carbocycles. The molecule has 9 atom stereocenters. The van der Waals surface area contributed by atoms with E-state index in [2.05, 4.69) is 41.5 Å². The van der Waals surface area contributed by atoms with Crippen LogP contribution in [0.2, 0.25) is 0 Å². The van der Waals surface area contributed by atoms with Gasteiger partial charge in [-0.15, -0.1) is 0 Å². The highest BCUT2D eigenvalue weighted by molar-refractivity contribution is 4.88. The van der Waals surface area contributed by atoms with Gasteiger partial charge in [-0.1, -0.05) is 41.5 Å². The molecule has 0 amide bonds. The van der Waals surface area contributed by atoms with Crippen LogP contribution in [0.5, 0.6) is 0 Å². The Hall–Kier alpha value is -0.160. The molecule has 0 aromatic heterocycles. The third-order valence-electron chi connectivity index (χ3n) is 5.93. The standard InChI is InChI=1S/C18H34O4/c1-8-14-11(4)10(3)12(5)18(20-14)22-16-13(6)17(19-7)21-15(16)9-2/h10-18H,8-9H2,1-7H3. The van der Waals surface area contributed by atoms with E-state index >= 15 is 0 Å². The van der Waals surface area contributed by atoms with Crippen molar-refractivity contribution in [2.24, 2.45) is 23.7 Å². The molecule has 0 N–H and O–H groups in total. The molecule has 2 aliphatic heterocycles. The van der Waals surface area contributed by atoms with E-state index in [0.717, 1.165) is 12.8 Å². The van der Waals surface area contributed by atoms with Crippen molar-refractivity contribution < 1.29 is 18.9 Å². The van der Waals surface area contributed by atoms with Gasteiger partial charge < -0.3 is 18.9 Å². The Morgan fingerprint density at radius 1 is 0.727 bits per heavy atom. The first kappa shape index (κ1) is 18.2. The summed E-state index contributed by atoms with van der Waals surface area (Å²) in [6.45, 7) is 13.3. The zero-order valence-electron chi connectivity index (χ0n) is 15.2. The van der Waals surface area contributed by atoms with Gasteiger partial charge in [-0.25, -0.2) is 0 Å². The van der Waals surface area contributed by atoms with Crippen LogP contribution < -0.4 is 0 Å². The average Bonchev–Trinajstić information content (AvgIpc) is 2.83. The van der Waals surface area contributed by atoms with Crippen molar-refractivity contribution in [1.82, 2.24) is 0 Å². The Morgan fingerprint density at radius 2 is 1.32 bits per heavy atom. The first-order valence-corrected chi connectivity index (χ1v) is 8.93. The monoisotopic (exact) mass is 314 g/mol. The van der Waals surface area contributed by atoms with Crippen LogP contribution in [0.4, 0.5) is 0 Å². The Kier molecular flexibility index (Phi) is 6.29. The van der Waals surface area contributed by atoms with Gasteiger partial charge in [-0.2, -0.15) is 0 Å². The normalized spacial score (nSPS) is 49.5. The molecular formula is C18H34O4. The molecule has 130 valence electrons. The fourth-order valence-electron chi connectivity index (χ4n) is 3.94. The maximum absolute atomic E-state index is 6.44. The lowest BCUT2D eigenvalue weighted by Gasteiger charge is -2.44. The van der Waals surface area contributed by atoms with Crippen LogP contribution in [0.3, 0.4) is 0 Å². The highest BCUT2D eigenvalue weighted by Gasteiger charge is 2.46. The maximum atomic E-state index is 6.44. The minimum atomic E-state index is -0.174. The molecule has 2 saturated heterocycles. The summed E-state index contributed by atoms with van der Waals surface area (Å²) in [5.41, 5.74) is 0.